The van der Waals surface area contributed by atoms with Gasteiger partial charge >= 0.3 is 0 Å². The van der Waals surface area contributed by atoms with Gasteiger partial charge < -0.3 is 9.32 Å². The molecule has 1 heterocycles. The number of fused-ring (bicyclic) bond motifs is 4. The van der Waals surface area contributed by atoms with E-state index in [4.69, 9.17) is 4.42 Å². The second-order valence-electron chi connectivity index (χ2n) is 13.6. The van der Waals surface area contributed by atoms with Gasteiger partial charge in [0, 0.05) is 22.0 Å². The van der Waals surface area contributed by atoms with Crippen molar-refractivity contribution in [2.45, 2.75) is 0 Å². The van der Waals surface area contributed by atoms with Gasteiger partial charge in [-0.15, -0.1) is 0 Å². The Morgan fingerprint density at radius 1 is 0.315 bits per heavy atom. The predicted octanol–water partition coefficient (Wildman–Crippen LogP) is 14.9. The van der Waals surface area contributed by atoms with Crippen LogP contribution in [0.15, 0.2) is 217 Å². The van der Waals surface area contributed by atoms with Gasteiger partial charge in [0.25, 0.3) is 0 Å². The molecule has 0 amide bonds. The number of para-hydroxylation sites is 2. The molecule has 0 saturated heterocycles. The summed E-state index contributed by atoms with van der Waals surface area (Å²) in [5.41, 5.74) is 14.2. The minimum atomic E-state index is 0.851. The van der Waals surface area contributed by atoms with E-state index >= 15 is 0 Å². The molecule has 1 aromatic heterocycles. The van der Waals surface area contributed by atoms with Gasteiger partial charge in [0.2, 0.25) is 0 Å². The first-order valence-corrected chi connectivity index (χ1v) is 18.4. The third kappa shape index (κ3) is 5.44. The number of benzene rings is 9. The van der Waals surface area contributed by atoms with Gasteiger partial charge in [0.15, 0.2) is 5.58 Å². The monoisotopic (exact) mass is 689 g/mol. The standard InChI is InChI=1S/C52H35NO/c1-3-16-36(17-4-1)43-23-9-10-25-46(43)51-44(38-18-5-2-6-19-38)27-14-29-48(51)53(49-30-15-28-47-45-24-11-12-31-50(45)54-52(47)49)40-34-32-39(33-35-40)42-26-13-21-37-20-7-8-22-41(37)42/h1-35H. The molecule has 0 atom stereocenters. The van der Waals surface area contributed by atoms with Gasteiger partial charge in [-0.2, -0.15) is 0 Å². The van der Waals surface area contributed by atoms with Crippen molar-refractivity contribution in [3.8, 4) is 44.5 Å². The predicted molar refractivity (Wildman–Crippen MR) is 228 cm³/mol. The minimum absolute atomic E-state index is 0.851. The first kappa shape index (κ1) is 31.6. The third-order valence-electron chi connectivity index (χ3n) is 10.5. The van der Waals surface area contributed by atoms with Gasteiger partial charge in [-0.25, -0.2) is 0 Å². The fourth-order valence-electron chi connectivity index (χ4n) is 8.02. The summed E-state index contributed by atoms with van der Waals surface area (Å²) in [4.78, 5) is 2.39. The van der Waals surface area contributed by atoms with Crippen LogP contribution in [0.2, 0.25) is 0 Å². The lowest BCUT2D eigenvalue weighted by molar-refractivity contribution is 0.669. The number of hydrogen-bond donors (Lipinski definition) is 0. The number of rotatable bonds is 7. The Labute approximate surface area is 314 Å². The topological polar surface area (TPSA) is 16.4 Å². The third-order valence-corrected chi connectivity index (χ3v) is 10.5. The van der Waals surface area contributed by atoms with Crippen LogP contribution >= 0.6 is 0 Å². The molecule has 2 nitrogen and oxygen atoms in total. The molecule has 0 N–H and O–H groups in total. The number of anilines is 3. The molecule has 254 valence electrons. The maximum absolute atomic E-state index is 6.76. The highest BCUT2D eigenvalue weighted by atomic mass is 16.3. The Kier molecular flexibility index (Phi) is 7.85. The molecule has 10 rings (SSSR count). The minimum Gasteiger partial charge on any atom is -0.454 e. The van der Waals surface area contributed by atoms with E-state index in [0.29, 0.717) is 0 Å². The summed E-state index contributed by atoms with van der Waals surface area (Å²) in [5, 5.41) is 4.67. The summed E-state index contributed by atoms with van der Waals surface area (Å²) < 4.78 is 6.76. The van der Waals surface area contributed by atoms with Crippen LogP contribution in [-0.2, 0) is 0 Å². The van der Waals surface area contributed by atoms with Gasteiger partial charge in [-0.3, -0.25) is 0 Å². The van der Waals surface area contributed by atoms with E-state index < -0.39 is 0 Å². The first-order chi connectivity index (χ1) is 26.8. The van der Waals surface area contributed by atoms with Gasteiger partial charge in [0.1, 0.15) is 5.58 Å². The Morgan fingerprint density at radius 2 is 0.833 bits per heavy atom. The summed E-state index contributed by atoms with van der Waals surface area (Å²) >= 11 is 0. The molecule has 54 heavy (non-hydrogen) atoms. The summed E-state index contributed by atoms with van der Waals surface area (Å²) in [6, 6.07) is 75.9. The summed E-state index contributed by atoms with van der Waals surface area (Å²) in [6.07, 6.45) is 0. The van der Waals surface area contributed by atoms with Crippen molar-refractivity contribution in [2.75, 3.05) is 4.90 Å². The van der Waals surface area contributed by atoms with Crippen LogP contribution in [0.3, 0.4) is 0 Å². The summed E-state index contributed by atoms with van der Waals surface area (Å²) in [6.45, 7) is 0. The van der Waals surface area contributed by atoms with E-state index in [2.05, 4.69) is 211 Å². The number of nitrogens with zero attached hydrogens (tertiary/aromatic N) is 1. The van der Waals surface area contributed by atoms with Crippen LogP contribution in [0.4, 0.5) is 17.1 Å². The second kappa shape index (κ2) is 13.4. The maximum atomic E-state index is 6.76. The molecule has 0 aliphatic heterocycles. The van der Waals surface area contributed by atoms with Crippen molar-refractivity contribution in [1.82, 2.24) is 0 Å². The first-order valence-electron chi connectivity index (χ1n) is 18.4. The molecule has 0 aliphatic rings. The van der Waals surface area contributed by atoms with E-state index in [1.807, 2.05) is 6.07 Å². The Bertz CT molecular complexity index is 2920. The van der Waals surface area contributed by atoms with Gasteiger partial charge in [0.05, 0.1) is 11.4 Å². The van der Waals surface area contributed by atoms with E-state index in [-0.39, 0.29) is 0 Å². The lowest BCUT2D eigenvalue weighted by atomic mass is 9.87. The normalized spacial score (nSPS) is 11.3. The van der Waals surface area contributed by atoms with Crippen molar-refractivity contribution in [3.05, 3.63) is 212 Å². The fourth-order valence-corrected chi connectivity index (χ4v) is 8.02. The van der Waals surface area contributed by atoms with Gasteiger partial charge in [-0.1, -0.05) is 182 Å². The van der Waals surface area contributed by atoms with Crippen molar-refractivity contribution < 1.29 is 4.42 Å². The van der Waals surface area contributed by atoms with Crippen molar-refractivity contribution >= 4 is 49.8 Å². The van der Waals surface area contributed by atoms with Crippen molar-refractivity contribution in [1.29, 1.82) is 0 Å². The molecule has 0 fully saturated rings. The summed E-state index contributed by atoms with van der Waals surface area (Å²) in [7, 11) is 0. The lowest BCUT2D eigenvalue weighted by Gasteiger charge is -2.30. The van der Waals surface area contributed by atoms with Crippen LogP contribution in [0.25, 0.3) is 77.2 Å². The molecule has 9 aromatic carbocycles. The SMILES string of the molecule is c1ccc(-c2ccccc2-c2c(-c3ccccc3)cccc2N(c2ccc(-c3cccc4ccccc34)cc2)c2cccc3c2oc2ccccc23)cc1. The average molecular weight is 690 g/mol. The molecule has 0 aliphatic carbocycles. The van der Waals surface area contributed by atoms with Gasteiger partial charge in [-0.05, 0) is 80.0 Å². The van der Waals surface area contributed by atoms with E-state index in [0.717, 1.165) is 61.3 Å². The van der Waals surface area contributed by atoms with Crippen LogP contribution in [-0.4, -0.2) is 0 Å². The Balaban J connectivity index is 1.26. The summed E-state index contributed by atoms with van der Waals surface area (Å²) in [5.74, 6) is 0. The quantitative estimate of drug-likeness (QED) is 0.166. The molecule has 0 spiro atoms. The molecular weight excluding hydrogens is 655 g/mol. The van der Waals surface area contributed by atoms with Crippen LogP contribution in [0, 0.1) is 0 Å². The highest BCUT2D eigenvalue weighted by Gasteiger charge is 2.25. The zero-order valence-corrected chi connectivity index (χ0v) is 29.6. The van der Waals surface area contributed by atoms with E-state index in [9.17, 15) is 0 Å². The number of furan rings is 1. The van der Waals surface area contributed by atoms with Crippen LogP contribution < -0.4 is 4.90 Å². The number of hydrogen-bond acceptors (Lipinski definition) is 2. The smallest absolute Gasteiger partial charge is 0.159 e. The molecule has 0 unspecified atom stereocenters. The Morgan fingerprint density at radius 3 is 1.63 bits per heavy atom. The van der Waals surface area contributed by atoms with Crippen molar-refractivity contribution in [2.24, 2.45) is 0 Å². The zero-order valence-electron chi connectivity index (χ0n) is 29.6. The second-order valence-corrected chi connectivity index (χ2v) is 13.6. The maximum Gasteiger partial charge on any atom is 0.159 e. The van der Waals surface area contributed by atoms with Crippen molar-refractivity contribution in [3.63, 3.8) is 0 Å². The highest BCUT2D eigenvalue weighted by molar-refractivity contribution is 6.11. The molecular formula is C52H35NO. The van der Waals surface area contributed by atoms with E-state index in [1.165, 1.54) is 33.0 Å². The van der Waals surface area contributed by atoms with Crippen LogP contribution in [0.5, 0.6) is 0 Å². The zero-order chi connectivity index (χ0) is 35.8. The average Bonchev–Trinajstić information content (AvgIpc) is 3.64. The molecule has 0 saturated carbocycles. The lowest BCUT2D eigenvalue weighted by Crippen LogP contribution is -2.12. The van der Waals surface area contributed by atoms with E-state index in [1.54, 1.807) is 0 Å². The molecule has 2 heteroatoms. The van der Waals surface area contributed by atoms with Crippen LogP contribution in [0.1, 0.15) is 0 Å². The largest absolute Gasteiger partial charge is 0.454 e. The Hall–Kier alpha value is -7.16. The molecule has 10 aromatic rings. The fraction of sp³-hybridized carbons (Fsp3) is 0. The molecule has 0 radical (unpaired) electrons. The highest BCUT2D eigenvalue weighted by Crippen LogP contribution is 2.50. The molecule has 0 bridgehead atoms.